The molecule has 0 radical (unpaired) electrons. The molecule has 110 valence electrons. The molecule has 4 heteroatoms. The third kappa shape index (κ3) is 4.74. The van der Waals surface area contributed by atoms with Crippen molar-refractivity contribution in [3.8, 4) is 0 Å². The lowest BCUT2D eigenvalue weighted by molar-refractivity contribution is -0.137. The zero-order valence-corrected chi connectivity index (χ0v) is 11.4. The second-order valence-electron chi connectivity index (χ2n) is 4.90. The SMILES string of the molecule is O=C(CCc1ccccc1)Cc1cccc(C(F)(F)F)c1. The van der Waals surface area contributed by atoms with Gasteiger partial charge in [-0.15, -0.1) is 0 Å². The van der Waals surface area contributed by atoms with E-state index < -0.39 is 11.7 Å². The molecule has 0 fully saturated rings. The zero-order chi connectivity index (χ0) is 15.3. The van der Waals surface area contributed by atoms with Crippen molar-refractivity contribution in [2.75, 3.05) is 0 Å². The Hall–Kier alpha value is -2.10. The average molecular weight is 292 g/mol. The van der Waals surface area contributed by atoms with E-state index in [1.54, 1.807) is 6.07 Å². The minimum atomic E-state index is -4.37. The largest absolute Gasteiger partial charge is 0.416 e. The van der Waals surface area contributed by atoms with Crippen LogP contribution in [-0.4, -0.2) is 5.78 Å². The fraction of sp³-hybridized carbons (Fsp3) is 0.235. The Balaban J connectivity index is 1.94. The first-order chi connectivity index (χ1) is 9.95. The molecule has 0 bridgehead atoms. The molecule has 0 heterocycles. The number of hydrogen-bond donors (Lipinski definition) is 0. The minimum Gasteiger partial charge on any atom is -0.299 e. The molecule has 0 N–H and O–H groups in total. The van der Waals surface area contributed by atoms with Crippen molar-refractivity contribution in [3.63, 3.8) is 0 Å². The molecule has 0 spiro atoms. The Bertz CT molecular complexity index is 603. The predicted molar refractivity (Wildman–Crippen MR) is 74.9 cm³/mol. The van der Waals surface area contributed by atoms with Crippen molar-refractivity contribution in [3.05, 3.63) is 71.3 Å². The molecule has 2 aromatic carbocycles. The van der Waals surface area contributed by atoms with Gasteiger partial charge >= 0.3 is 6.18 Å². The van der Waals surface area contributed by atoms with Crippen LogP contribution >= 0.6 is 0 Å². The van der Waals surface area contributed by atoms with Crippen LogP contribution in [0.2, 0.25) is 0 Å². The van der Waals surface area contributed by atoms with Crippen molar-refractivity contribution in [1.82, 2.24) is 0 Å². The van der Waals surface area contributed by atoms with Crippen LogP contribution in [0.4, 0.5) is 13.2 Å². The molecule has 0 unspecified atom stereocenters. The number of aryl methyl sites for hydroxylation is 1. The van der Waals surface area contributed by atoms with Crippen molar-refractivity contribution in [1.29, 1.82) is 0 Å². The van der Waals surface area contributed by atoms with Crippen molar-refractivity contribution in [2.24, 2.45) is 0 Å². The summed E-state index contributed by atoms with van der Waals surface area (Å²) in [6, 6.07) is 14.5. The van der Waals surface area contributed by atoms with Crippen LogP contribution < -0.4 is 0 Å². The molecule has 2 aromatic rings. The lowest BCUT2D eigenvalue weighted by Gasteiger charge is -2.08. The first-order valence-electron chi connectivity index (χ1n) is 6.67. The molecule has 0 aliphatic carbocycles. The van der Waals surface area contributed by atoms with Gasteiger partial charge in [0.05, 0.1) is 5.56 Å². The second-order valence-corrected chi connectivity index (χ2v) is 4.90. The fourth-order valence-electron chi connectivity index (χ4n) is 2.10. The summed E-state index contributed by atoms with van der Waals surface area (Å²) < 4.78 is 37.8. The fourth-order valence-corrected chi connectivity index (χ4v) is 2.10. The van der Waals surface area contributed by atoms with E-state index in [4.69, 9.17) is 0 Å². The Labute approximate surface area is 121 Å². The van der Waals surface area contributed by atoms with E-state index >= 15 is 0 Å². The molecule has 0 amide bonds. The number of carbonyl (C=O) groups excluding carboxylic acids is 1. The van der Waals surface area contributed by atoms with Gasteiger partial charge < -0.3 is 0 Å². The molecule has 1 nitrogen and oxygen atoms in total. The molecule has 21 heavy (non-hydrogen) atoms. The van der Waals surface area contributed by atoms with E-state index in [0.29, 0.717) is 18.4 Å². The summed E-state index contributed by atoms with van der Waals surface area (Å²) in [7, 11) is 0. The van der Waals surface area contributed by atoms with Gasteiger partial charge in [-0.3, -0.25) is 4.79 Å². The summed E-state index contributed by atoms with van der Waals surface area (Å²) in [6.45, 7) is 0. The lowest BCUT2D eigenvalue weighted by atomic mass is 10.0. The molecule has 0 saturated carbocycles. The molecular formula is C17H15F3O. The normalized spacial score (nSPS) is 11.4. The maximum atomic E-state index is 12.6. The highest BCUT2D eigenvalue weighted by Gasteiger charge is 2.30. The van der Waals surface area contributed by atoms with Gasteiger partial charge in [-0.1, -0.05) is 48.5 Å². The number of alkyl halides is 3. The molecule has 0 aliphatic heterocycles. The highest BCUT2D eigenvalue weighted by atomic mass is 19.4. The summed E-state index contributed by atoms with van der Waals surface area (Å²) in [5, 5.41) is 0. The van der Waals surface area contributed by atoms with Crippen molar-refractivity contribution >= 4 is 5.78 Å². The second kappa shape index (κ2) is 6.57. The van der Waals surface area contributed by atoms with E-state index in [1.165, 1.54) is 6.07 Å². The van der Waals surface area contributed by atoms with Gasteiger partial charge in [0.2, 0.25) is 0 Å². The first kappa shape index (κ1) is 15.3. The van der Waals surface area contributed by atoms with Crippen molar-refractivity contribution in [2.45, 2.75) is 25.4 Å². The molecule has 2 rings (SSSR count). The third-order valence-corrected chi connectivity index (χ3v) is 3.19. The maximum absolute atomic E-state index is 12.6. The van der Waals surface area contributed by atoms with Crippen LogP contribution in [0, 0.1) is 0 Å². The van der Waals surface area contributed by atoms with Crippen LogP contribution in [0.15, 0.2) is 54.6 Å². The number of Topliss-reactive ketones (excluding diaryl/α,β-unsaturated/α-hetero) is 1. The molecular weight excluding hydrogens is 277 g/mol. The van der Waals surface area contributed by atoms with E-state index in [0.717, 1.165) is 17.7 Å². The van der Waals surface area contributed by atoms with Crippen molar-refractivity contribution < 1.29 is 18.0 Å². The van der Waals surface area contributed by atoms with Crippen LogP contribution in [0.25, 0.3) is 0 Å². The quantitative estimate of drug-likeness (QED) is 0.795. The number of ketones is 1. The average Bonchev–Trinajstić information content (AvgIpc) is 2.46. The van der Waals surface area contributed by atoms with E-state index in [2.05, 4.69) is 0 Å². The monoisotopic (exact) mass is 292 g/mol. The van der Waals surface area contributed by atoms with Crippen LogP contribution in [0.3, 0.4) is 0 Å². The molecule has 0 saturated heterocycles. The Kier molecular flexibility index (Phi) is 4.78. The number of rotatable bonds is 5. The Morgan fingerprint density at radius 3 is 2.24 bits per heavy atom. The summed E-state index contributed by atoms with van der Waals surface area (Å²) in [6.07, 6.45) is -3.39. The highest BCUT2D eigenvalue weighted by molar-refractivity contribution is 5.81. The number of carbonyl (C=O) groups is 1. The molecule has 0 atom stereocenters. The maximum Gasteiger partial charge on any atom is 0.416 e. The predicted octanol–water partition coefficient (Wildman–Crippen LogP) is 4.45. The standard InChI is InChI=1S/C17H15F3O/c18-17(19,20)15-8-4-7-14(11-15)12-16(21)10-9-13-5-2-1-3-6-13/h1-8,11H,9-10,12H2. The number of hydrogen-bond acceptors (Lipinski definition) is 1. The highest BCUT2D eigenvalue weighted by Crippen LogP contribution is 2.29. The first-order valence-corrected chi connectivity index (χ1v) is 6.67. The zero-order valence-electron chi connectivity index (χ0n) is 11.4. The van der Waals surface area contributed by atoms with Gasteiger partial charge in [0.25, 0.3) is 0 Å². The van der Waals surface area contributed by atoms with E-state index in [9.17, 15) is 18.0 Å². The van der Waals surface area contributed by atoms with Gasteiger partial charge in [-0.05, 0) is 23.6 Å². The van der Waals surface area contributed by atoms with Gasteiger partial charge in [0.1, 0.15) is 5.78 Å². The topological polar surface area (TPSA) is 17.1 Å². The number of benzene rings is 2. The van der Waals surface area contributed by atoms with Gasteiger partial charge in [0.15, 0.2) is 0 Å². The van der Waals surface area contributed by atoms with E-state index in [-0.39, 0.29) is 12.2 Å². The molecule has 0 aromatic heterocycles. The lowest BCUT2D eigenvalue weighted by Crippen LogP contribution is -2.08. The summed E-state index contributed by atoms with van der Waals surface area (Å²) in [4.78, 5) is 11.9. The molecule has 0 aliphatic rings. The van der Waals surface area contributed by atoms with Gasteiger partial charge in [-0.25, -0.2) is 0 Å². The van der Waals surface area contributed by atoms with Crippen LogP contribution in [0.1, 0.15) is 23.1 Å². The van der Waals surface area contributed by atoms with Gasteiger partial charge in [-0.2, -0.15) is 13.2 Å². The van der Waals surface area contributed by atoms with Crippen LogP contribution in [-0.2, 0) is 23.8 Å². The third-order valence-electron chi connectivity index (χ3n) is 3.19. The Morgan fingerprint density at radius 1 is 0.905 bits per heavy atom. The Morgan fingerprint density at radius 2 is 1.57 bits per heavy atom. The summed E-state index contributed by atoms with van der Waals surface area (Å²) in [5.41, 5.74) is 0.744. The number of halogens is 3. The van der Waals surface area contributed by atoms with Gasteiger partial charge in [0, 0.05) is 12.8 Å². The van der Waals surface area contributed by atoms with Crippen LogP contribution in [0.5, 0.6) is 0 Å². The minimum absolute atomic E-state index is 0.0384. The summed E-state index contributed by atoms with van der Waals surface area (Å²) >= 11 is 0. The van der Waals surface area contributed by atoms with E-state index in [1.807, 2.05) is 30.3 Å². The summed E-state index contributed by atoms with van der Waals surface area (Å²) in [5.74, 6) is -0.0572. The smallest absolute Gasteiger partial charge is 0.299 e.